The summed E-state index contributed by atoms with van der Waals surface area (Å²) in [6, 6.07) is 17.1. The summed E-state index contributed by atoms with van der Waals surface area (Å²) < 4.78 is 11.4. The van der Waals surface area contributed by atoms with Crippen molar-refractivity contribution in [2.45, 2.75) is 0 Å². The number of rotatable bonds is 5. The standard InChI is InChI=1S/C23H12Cl4O3/c24-13-4-7-15(18(26)12-13)20-10-11-22(30-20)19(28)8-5-14-6-9-21(29-14)16-2-1-3-17(25)23(16)27/h1-12H. The van der Waals surface area contributed by atoms with Crippen LogP contribution in [0.2, 0.25) is 20.1 Å². The molecule has 150 valence electrons. The summed E-state index contributed by atoms with van der Waals surface area (Å²) in [7, 11) is 0. The Kier molecular flexibility index (Phi) is 6.07. The minimum atomic E-state index is -0.315. The van der Waals surface area contributed by atoms with E-state index in [9.17, 15) is 4.79 Å². The number of carbonyl (C=O) groups is 1. The minimum absolute atomic E-state index is 0.178. The van der Waals surface area contributed by atoms with E-state index in [0.717, 1.165) is 0 Å². The van der Waals surface area contributed by atoms with Crippen molar-refractivity contribution in [3.05, 3.63) is 98.4 Å². The van der Waals surface area contributed by atoms with Gasteiger partial charge in [0.15, 0.2) is 5.76 Å². The van der Waals surface area contributed by atoms with Crippen LogP contribution in [-0.2, 0) is 0 Å². The molecular weight excluding hydrogens is 466 g/mol. The zero-order valence-corrected chi connectivity index (χ0v) is 18.2. The maximum Gasteiger partial charge on any atom is 0.221 e. The molecule has 2 aromatic carbocycles. The summed E-state index contributed by atoms with van der Waals surface area (Å²) in [6.07, 6.45) is 2.93. The Morgan fingerprint density at radius 2 is 1.53 bits per heavy atom. The van der Waals surface area contributed by atoms with E-state index < -0.39 is 0 Å². The molecule has 7 heteroatoms. The fraction of sp³-hybridized carbons (Fsp3) is 0. The highest BCUT2D eigenvalue weighted by Crippen LogP contribution is 2.35. The van der Waals surface area contributed by atoms with Crippen LogP contribution in [0, 0.1) is 0 Å². The normalized spacial score (nSPS) is 11.3. The van der Waals surface area contributed by atoms with Crippen LogP contribution in [-0.4, -0.2) is 5.78 Å². The first-order valence-corrected chi connectivity index (χ1v) is 10.3. The highest BCUT2D eigenvalue weighted by molar-refractivity contribution is 6.43. The number of halogens is 4. The fourth-order valence-corrected chi connectivity index (χ4v) is 3.72. The Morgan fingerprint density at radius 3 is 2.33 bits per heavy atom. The molecular formula is C23H12Cl4O3. The van der Waals surface area contributed by atoms with E-state index >= 15 is 0 Å². The Balaban J connectivity index is 1.52. The van der Waals surface area contributed by atoms with Crippen LogP contribution >= 0.6 is 46.4 Å². The van der Waals surface area contributed by atoms with Gasteiger partial charge in [-0.15, -0.1) is 0 Å². The first kappa shape index (κ1) is 20.8. The van der Waals surface area contributed by atoms with Gasteiger partial charge >= 0.3 is 0 Å². The predicted molar refractivity (Wildman–Crippen MR) is 122 cm³/mol. The summed E-state index contributed by atoms with van der Waals surface area (Å²) in [4.78, 5) is 12.5. The van der Waals surface area contributed by atoms with Crippen molar-refractivity contribution in [1.29, 1.82) is 0 Å². The SMILES string of the molecule is O=C(C=Cc1ccc(-c2cccc(Cl)c2Cl)o1)c1ccc(-c2ccc(Cl)cc2Cl)o1. The first-order chi connectivity index (χ1) is 14.4. The van der Waals surface area contributed by atoms with Crippen molar-refractivity contribution < 1.29 is 13.6 Å². The molecule has 0 fully saturated rings. The second-order valence-corrected chi connectivity index (χ2v) is 7.92. The molecule has 4 rings (SSSR count). The van der Waals surface area contributed by atoms with Gasteiger partial charge in [-0.3, -0.25) is 4.79 Å². The molecule has 30 heavy (non-hydrogen) atoms. The third-order valence-corrected chi connectivity index (χ3v) is 5.65. The Hall–Kier alpha value is -2.43. The van der Waals surface area contributed by atoms with Crippen LogP contribution in [0.4, 0.5) is 0 Å². The molecule has 2 heterocycles. The molecule has 0 amide bonds. The zero-order chi connectivity index (χ0) is 21.3. The number of benzene rings is 2. The van der Waals surface area contributed by atoms with E-state index in [4.69, 9.17) is 55.2 Å². The van der Waals surface area contributed by atoms with Crippen LogP contribution < -0.4 is 0 Å². The highest BCUT2D eigenvalue weighted by Gasteiger charge is 2.13. The van der Waals surface area contributed by atoms with Crippen molar-refractivity contribution in [2.24, 2.45) is 0 Å². The fourth-order valence-electron chi connectivity index (χ4n) is 2.83. The van der Waals surface area contributed by atoms with E-state index in [1.54, 1.807) is 66.7 Å². The molecule has 2 aromatic heterocycles. The lowest BCUT2D eigenvalue weighted by atomic mass is 10.2. The Bertz CT molecular complexity index is 1270. The summed E-state index contributed by atoms with van der Waals surface area (Å²) in [5, 5.41) is 1.80. The third-order valence-electron chi connectivity index (χ3n) is 4.29. The molecule has 0 spiro atoms. The topological polar surface area (TPSA) is 43.4 Å². The van der Waals surface area contributed by atoms with Gasteiger partial charge in [-0.1, -0.05) is 52.5 Å². The number of carbonyl (C=O) groups excluding carboxylic acids is 1. The Labute approximate surface area is 192 Å². The number of furan rings is 2. The van der Waals surface area contributed by atoms with Crippen molar-refractivity contribution in [1.82, 2.24) is 0 Å². The van der Waals surface area contributed by atoms with Gasteiger partial charge in [-0.2, -0.15) is 0 Å². The maximum absolute atomic E-state index is 12.5. The zero-order valence-electron chi connectivity index (χ0n) is 15.2. The van der Waals surface area contributed by atoms with Crippen molar-refractivity contribution in [3.63, 3.8) is 0 Å². The lowest BCUT2D eigenvalue weighted by Crippen LogP contribution is -1.90. The number of allylic oxidation sites excluding steroid dienone is 1. The van der Waals surface area contributed by atoms with Crippen LogP contribution in [0.1, 0.15) is 16.3 Å². The lowest BCUT2D eigenvalue weighted by Gasteiger charge is -2.01. The van der Waals surface area contributed by atoms with E-state index in [-0.39, 0.29) is 11.5 Å². The van der Waals surface area contributed by atoms with Crippen LogP contribution in [0.5, 0.6) is 0 Å². The molecule has 0 aliphatic rings. The number of hydrogen-bond donors (Lipinski definition) is 0. The summed E-state index contributed by atoms with van der Waals surface area (Å²) in [6.45, 7) is 0. The minimum Gasteiger partial charge on any atom is -0.457 e. The number of ketones is 1. The highest BCUT2D eigenvalue weighted by atomic mass is 35.5. The molecule has 0 aliphatic carbocycles. The van der Waals surface area contributed by atoms with Crippen LogP contribution in [0.15, 0.2) is 75.6 Å². The van der Waals surface area contributed by atoms with Gasteiger partial charge < -0.3 is 8.83 Å². The van der Waals surface area contributed by atoms with Crippen molar-refractivity contribution in [3.8, 4) is 22.6 Å². The van der Waals surface area contributed by atoms with Gasteiger partial charge in [0, 0.05) is 16.1 Å². The monoisotopic (exact) mass is 476 g/mol. The largest absolute Gasteiger partial charge is 0.457 e. The molecule has 3 nitrogen and oxygen atoms in total. The second-order valence-electron chi connectivity index (χ2n) is 6.29. The average molecular weight is 478 g/mol. The van der Waals surface area contributed by atoms with Gasteiger partial charge in [0.2, 0.25) is 5.78 Å². The maximum atomic E-state index is 12.5. The molecule has 4 aromatic rings. The van der Waals surface area contributed by atoms with Gasteiger partial charge in [0.1, 0.15) is 17.3 Å². The van der Waals surface area contributed by atoms with Crippen molar-refractivity contribution >= 4 is 58.3 Å². The van der Waals surface area contributed by atoms with E-state index in [1.165, 1.54) is 6.08 Å². The molecule has 0 saturated heterocycles. The second kappa shape index (κ2) is 8.75. The Morgan fingerprint density at radius 1 is 0.767 bits per heavy atom. The average Bonchev–Trinajstić information content (AvgIpc) is 3.38. The van der Waals surface area contributed by atoms with Crippen molar-refractivity contribution in [2.75, 3.05) is 0 Å². The molecule has 0 bridgehead atoms. The molecule has 0 atom stereocenters. The van der Waals surface area contributed by atoms with Crippen LogP contribution in [0.3, 0.4) is 0 Å². The summed E-state index contributed by atoms with van der Waals surface area (Å²) >= 11 is 24.4. The van der Waals surface area contributed by atoms with E-state index in [2.05, 4.69) is 0 Å². The first-order valence-electron chi connectivity index (χ1n) is 8.74. The summed E-state index contributed by atoms with van der Waals surface area (Å²) in [5.41, 5.74) is 1.32. The molecule has 0 unspecified atom stereocenters. The number of hydrogen-bond acceptors (Lipinski definition) is 3. The van der Waals surface area contributed by atoms with E-state index in [0.29, 0.717) is 48.5 Å². The van der Waals surface area contributed by atoms with Gasteiger partial charge in [0.25, 0.3) is 0 Å². The van der Waals surface area contributed by atoms with Gasteiger partial charge in [-0.25, -0.2) is 0 Å². The van der Waals surface area contributed by atoms with Gasteiger partial charge in [-0.05, 0) is 66.7 Å². The smallest absolute Gasteiger partial charge is 0.221 e. The molecule has 0 radical (unpaired) electrons. The quantitative estimate of drug-likeness (QED) is 0.213. The summed E-state index contributed by atoms with van der Waals surface area (Å²) in [5.74, 6) is 1.38. The molecule has 0 N–H and O–H groups in total. The predicted octanol–water partition coefficient (Wildman–Crippen LogP) is 8.72. The van der Waals surface area contributed by atoms with E-state index in [1.807, 2.05) is 0 Å². The lowest BCUT2D eigenvalue weighted by molar-refractivity contribution is 0.102. The third kappa shape index (κ3) is 4.35. The van der Waals surface area contributed by atoms with Gasteiger partial charge in [0.05, 0.1) is 15.1 Å². The molecule has 0 aliphatic heterocycles. The van der Waals surface area contributed by atoms with Crippen LogP contribution in [0.25, 0.3) is 28.7 Å². The molecule has 0 saturated carbocycles.